The van der Waals surface area contributed by atoms with Crippen molar-refractivity contribution in [2.45, 2.75) is 25.7 Å². The summed E-state index contributed by atoms with van der Waals surface area (Å²) in [6.45, 7) is 0.321. The lowest BCUT2D eigenvalue weighted by Crippen LogP contribution is -2.22. The molecule has 0 amide bonds. The highest BCUT2D eigenvalue weighted by Gasteiger charge is 2.26. The van der Waals surface area contributed by atoms with Crippen LogP contribution in [0.5, 0.6) is 0 Å². The second kappa shape index (κ2) is 5.11. The molecule has 0 saturated heterocycles. The van der Waals surface area contributed by atoms with Gasteiger partial charge in [0.25, 0.3) is 0 Å². The molecule has 3 nitrogen and oxygen atoms in total. The van der Waals surface area contributed by atoms with Crippen LogP contribution >= 0.6 is 0 Å². The summed E-state index contributed by atoms with van der Waals surface area (Å²) >= 11 is 0. The van der Waals surface area contributed by atoms with Crippen molar-refractivity contribution in [2.24, 2.45) is 5.92 Å². The molecule has 78 valence electrons. The molecule has 0 aromatic carbocycles. The first-order valence-electron chi connectivity index (χ1n) is 3.97. The highest BCUT2D eigenvalue weighted by atomic mass is 19.3. The smallest absolute Gasteiger partial charge is 0.310 e. The first-order valence-corrected chi connectivity index (χ1v) is 3.97. The minimum absolute atomic E-state index is 0.0628. The summed E-state index contributed by atoms with van der Waals surface area (Å²) < 4.78 is 29.0. The number of carbonyl (C=O) groups excluding carboxylic acids is 1. The zero-order valence-electron chi connectivity index (χ0n) is 7.72. The number of hydrogen-bond donors (Lipinski definition) is 1. The van der Waals surface area contributed by atoms with Gasteiger partial charge >= 0.3 is 5.97 Å². The maximum absolute atomic E-state index is 12.4. The first-order chi connectivity index (χ1) is 5.90. The van der Waals surface area contributed by atoms with Crippen molar-refractivity contribution >= 4 is 5.97 Å². The number of aliphatic hydroxyl groups excluding tert-OH is 1. The van der Waals surface area contributed by atoms with Gasteiger partial charge in [-0.2, -0.15) is 0 Å². The number of ether oxygens (including phenoxy) is 1. The third kappa shape index (κ3) is 5.52. The van der Waals surface area contributed by atoms with Crippen molar-refractivity contribution in [3.05, 3.63) is 0 Å². The lowest BCUT2D eigenvalue weighted by molar-refractivity contribution is -0.147. The van der Waals surface area contributed by atoms with Gasteiger partial charge in [-0.15, -0.1) is 0 Å². The number of methoxy groups -OCH3 is 1. The predicted octanol–water partition coefficient (Wildman–Crippen LogP) is 1.20. The molecule has 0 rings (SSSR count). The van der Waals surface area contributed by atoms with Crippen LogP contribution in [0.4, 0.5) is 8.78 Å². The van der Waals surface area contributed by atoms with Crippen LogP contribution in [0.25, 0.3) is 0 Å². The first kappa shape index (κ1) is 12.3. The van der Waals surface area contributed by atoms with Gasteiger partial charge in [0.15, 0.2) is 0 Å². The summed E-state index contributed by atoms with van der Waals surface area (Å²) in [5, 5.41) is 8.68. The van der Waals surface area contributed by atoms with Crippen LogP contribution in [0, 0.1) is 5.92 Å². The van der Waals surface area contributed by atoms with Crippen molar-refractivity contribution in [2.75, 3.05) is 13.7 Å². The van der Waals surface area contributed by atoms with Crippen molar-refractivity contribution in [1.82, 2.24) is 0 Å². The molecule has 1 N–H and O–H groups in total. The minimum Gasteiger partial charge on any atom is -0.469 e. The molecule has 0 fully saturated rings. The third-order valence-electron chi connectivity index (χ3n) is 1.69. The van der Waals surface area contributed by atoms with Crippen LogP contribution in [0.1, 0.15) is 19.8 Å². The van der Waals surface area contributed by atoms with E-state index >= 15 is 0 Å². The van der Waals surface area contributed by atoms with Gasteiger partial charge in [-0.1, -0.05) is 0 Å². The fourth-order valence-electron chi connectivity index (χ4n) is 0.878. The number of hydrogen-bond acceptors (Lipinski definition) is 3. The molecule has 0 aromatic heterocycles. The molecule has 0 unspecified atom stereocenters. The number of alkyl halides is 2. The number of rotatable bonds is 5. The average molecular weight is 196 g/mol. The molecule has 0 bridgehead atoms. The van der Waals surface area contributed by atoms with Gasteiger partial charge in [0.1, 0.15) is 0 Å². The van der Waals surface area contributed by atoms with Crippen LogP contribution in [0.3, 0.4) is 0 Å². The Morgan fingerprint density at radius 1 is 1.62 bits per heavy atom. The number of carbonyl (C=O) groups is 1. The molecule has 0 aliphatic heterocycles. The summed E-state index contributed by atoms with van der Waals surface area (Å²) in [5.74, 6) is -4.29. The van der Waals surface area contributed by atoms with Crippen LogP contribution < -0.4 is 0 Å². The Labute approximate surface area is 75.7 Å². The highest BCUT2D eigenvalue weighted by molar-refractivity contribution is 5.72. The van der Waals surface area contributed by atoms with E-state index < -0.39 is 30.8 Å². The van der Waals surface area contributed by atoms with Crippen LogP contribution in [-0.2, 0) is 9.53 Å². The number of esters is 1. The lowest BCUT2D eigenvalue weighted by atomic mass is 10.0. The monoisotopic (exact) mass is 196 g/mol. The van der Waals surface area contributed by atoms with E-state index in [1.54, 1.807) is 0 Å². The van der Waals surface area contributed by atoms with Gasteiger partial charge in [0, 0.05) is 6.42 Å². The highest BCUT2D eigenvalue weighted by Crippen LogP contribution is 2.22. The van der Waals surface area contributed by atoms with E-state index in [1.807, 2.05) is 0 Å². The van der Waals surface area contributed by atoms with Crippen molar-refractivity contribution in [3.8, 4) is 0 Å². The van der Waals surface area contributed by atoms with E-state index in [0.29, 0.717) is 0 Å². The Kier molecular flexibility index (Phi) is 4.83. The second-order valence-electron chi connectivity index (χ2n) is 3.01. The quantitative estimate of drug-likeness (QED) is 0.672. The Hall–Kier alpha value is -0.710. The van der Waals surface area contributed by atoms with Gasteiger partial charge in [0.05, 0.1) is 19.6 Å². The van der Waals surface area contributed by atoms with E-state index in [9.17, 15) is 13.6 Å². The second-order valence-corrected chi connectivity index (χ2v) is 3.01. The molecule has 13 heavy (non-hydrogen) atoms. The van der Waals surface area contributed by atoms with Gasteiger partial charge in [-0.3, -0.25) is 4.79 Å². The summed E-state index contributed by atoms with van der Waals surface area (Å²) in [4.78, 5) is 10.8. The molecule has 0 heterocycles. The fourth-order valence-corrected chi connectivity index (χ4v) is 0.878. The van der Waals surface area contributed by atoms with Crippen molar-refractivity contribution in [1.29, 1.82) is 0 Å². The predicted molar refractivity (Wildman–Crippen MR) is 42.4 cm³/mol. The fraction of sp³-hybridized carbons (Fsp3) is 0.875. The average Bonchev–Trinajstić information content (AvgIpc) is 2.03. The molecule has 0 aromatic rings. The molecule has 0 spiro atoms. The molecule has 0 saturated carbocycles. The normalized spacial score (nSPS) is 13.9. The molecular weight excluding hydrogens is 182 g/mol. The van der Waals surface area contributed by atoms with Crippen LogP contribution in [0.15, 0.2) is 0 Å². The van der Waals surface area contributed by atoms with E-state index in [0.717, 1.165) is 14.0 Å². The summed E-state index contributed by atoms with van der Waals surface area (Å²) in [5.41, 5.74) is 0. The molecular formula is C8H14F2O3. The number of aliphatic hydroxyl groups is 1. The van der Waals surface area contributed by atoms with Crippen molar-refractivity contribution in [3.63, 3.8) is 0 Å². The number of halogens is 2. The molecule has 0 radical (unpaired) electrons. The van der Waals surface area contributed by atoms with Crippen LogP contribution in [-0.4, -0.2) is 30.7 Å². The Morgan fingerprint density at radius 2 is 2.15 bits per heavy atom. The van der Waals surface area contributed by atoms with Crippen LogP contribution in [0.2, 0.25) is 0 Å². The molecule has 0 aliphatic rings. The summed E-state index contributed by atoms with van der Waals surface area (Å²) in [6, 6.07) is 0. The van der Waals surface area contributed by atoms with E-state index in [1.165, 1.54) is 0 Å². The Balaban J connectivity index is 3.93. The lowest BCUT2D eigenvalue weighted by Gasteiger charge is -2.14. The SMILES string of the molecule is COC(=O)[C@H](CO)CCC(C)(F)F. The van der Waals surface area contributed by atoms with Gasteiger partial charge < -0.3 is 9.84 Å². The van der Waals surface area contributed by atoms with Crippen molar-refractivity contribution < 1.29 is 23.4 Å². The minimum atomic E-state index is -2.80. The zero-order valence-corrected chi connectivity index (χ0v) is 7.72. The van der Waals surface area contributed by atoms with E-state index in [2.05, 4.69) is 4.74 Å². The van der Waals surface area contributed by atoms with Gasteiger partial charge in [-0.25, -0.2) is 8.78 Å². The molecule has 0 aliphatic carbocycles. The zero-order chi connectivity index (χ0) is 10.5. The topological polar surface area (TPSA) is 46.5 Å². The van der Waals surface area contributed by atoms with Gasteiger partial charge in [0.2, 0.25) is 5.92 Å². The van der Waals surface area contributed by atoms with E-state index in [4.69, 9.17) is 5.11 Å². The third-order valence-corrected chi connectivity index (χ3v) is 1.69. The standard InChI is InChI=1S/C8H14F2O3/c1-8(9,10)4-3-6(5-11)7(12)13-2/h6,11H,3-5H2,1-2H3/t6-/m0/s1. The molecule has 5 heteroatoms. The Morgan fingerprint density at radius 3 is 2.46 bits per heavy atom. The summed E-state index contributed by atoms with van der Waals surface area (Å²) in [7, 11) is 1.16. The molecule has 1 atom stereocenters. The van der Waals surface area contributed by atoms with E-state index in [-0.39, 0.29) is 6.42 Å². The Bertz CT molecular complexity index is 165. The maximum Gasteiger partial charge on any atom is 0.310 e. The largest absolute Gasteiger partial charge is 0.469 e. The van der Waals surface area contributed by atoms with Gasteiger partial charge in [-0.05, 0) is 13.3 Å². The maximum atomic E-state index is 12.4. The summed E-state index contributed by atoms with van der Waals surface area (Å²) in [6.07, 6.45) is -0.486.